The van der Waals surface area contributed by atoms with Crippen molar-refractivity contribution in [2.45, 2.75) is 25.7 Å². The van der Waals surface area contributed by atoms with E-state index in [1.807, 2.05) is 4.90 Å². The second-order valence-electron chi connectivity index (χ2n) is 4.93. The molecule has 0 aliphatic carbocycles. The predicted octanol–water partition coefficient (Wildman–Crippen LogP) is 3.11. The normalized spacial score (nSPS) is 15.4. The van der Waals surface area contributed by atoms with Crippen LogP contribution in [0.5, 0.6) is 11.5 Å². The molecule has 1 aromatic rings. The highest BCUT2D eigenvalue weighted by molar-refractivity contribution is 5.89. The number of methoxy groups -OCH3 is 2. The number of nitrogens with one attached hydrogen (secondary N) is 1. The lowest BCUT2D eigenvalue weighted by molar-refractivity contribution is 0.214. The van der Waals surface area contributed by atoms with Crippen molar-refractivity contribution in [3.8, 4) is 11.5 Å². The SMILES string of the molecule is COc1cc(NC(=O)N2CCCCCC2)cc(OC)c1. The number of carbonyl (C=O) groups is 1. The first-order valence-electron chi connectivity index (χ1n) is 7.02. The lowest BCUT2D eigenvalue weighted by Crippen LogP contribution is -2.35. The summed E-state index contributed by atoms with van der Waals surface area (Å²) in [6.45, 7) is 1.65. The molecule has 1 heterocycles. The van der Waals surface area contributed by atoms with E-state index >= 15 is 0 Å². The molecule has 1 fully saturated rings. The van der Waals surface area contributed by atoms with Gasteiger partial charge in [-0.15, -0.1) is 0 Å². The number of hydrogen-bond donors (Lipinski definition) is 1. The highest BCUT2D eigenvalue weighted by Gasteiger charge is 2.16. The topological polar surface area (TPSA) is 50.8 Å². The van der Waals surface area contributed by atoms with Gasteiger partial charge in [0.15, 0.2) is 0 Å². The molecule has 1 N–H and O–H groups in total. The van der Waals surface area contributed by atoms with Gasteiger partial charge in [-0.2, -0.15) is 0 Å². The van der Waals surface area contributed by atoms with Crippen LogP contribution in [0.25, 0.3) is 0 Å². The Bertz CT molecular complexity index is 432. The molecule has 1 aliphatic rings. The minimum absolute atomic E-state index is 0.0535. The van der Waals surface area contributed by atoms with Gasteiger partial charge in [-0.1, -0.05) is 12.8 Å². The van der Waals surface area contributed by atoms with E-state index in [4.69, 9.17) is 9.47 Å². The van der Waals surface area contributed by atoms with Gasteiger partial charge in [0.05, 0.1) is 14.2 Å². The maximum atomic E-state index is 12.3. The highest BCUT2D eigenvalue weighted by atomic mass is 16.5. The van der Waals surface area contributed by atoms with Gasteiger partial charge >= 0.3 is 6.03 Å². The van der Waals surface area contributed by atoms with E-state index in [1.165, 1.54) is 12.8 Å². The molecule has 20 heavy (non-hydrogen) atoms. The molecule has 2 amide bonds. The van der Waals surface area contributed by atoms with E-state index in [2.05, 4.69) is 5.32 Å². The Hall–Kier alpha value is -1.91. The van der Waals surface area contributed by atoms with Crippen LogP contribution in [0.15, 0.2) is 18.2 Å². The molecule has 0 saturated carbocycles. The van der Waals surface area contributed by atoms with Crippen molar-refractivity contribution in [1.82, 2.24) is 4.90 Å². The molecule has 1 aliphatic heterocycles. The lowest BCUT2D eigenvalue weighted by atomic mass is 10.2. The summed E-state index contributed by atoms with van der Waals surface area (Å²) in [7, 11) is 3.18. The number of carbonyl (C=O) groups excluding carboxylic acids is 1. The molecule has 1 saturated heterocycles. The summed E-state index contributed by atoms with van der Waals surface area (Å²) in [5.74, 6) is 1.33. The van der Waals surface area contributed by atoms with Crippen molar-refractivity contribution in [2.24, 2.45) is 0 Å². The lowest BCUT2D eigenvalue weighted by Gasteiger charge is -2.21. The summed E-state index contributed by atoms with van der Waals surface area (Å²) in [6, 6.07) is 5.31. The molecular weight excluding hydrogens is 256 g/mol. The van der Waals surface area contributed by atoms with Crippen LogP contribution in [0.3, 0.4) is 0 Å². The van der Waals surface area contributed by atoms with E-state index in [-0.39, 0.29) is 6.03 Å². The second kappa shape index (κ2) is 7.03. The molecule has 2 rings (SSSR count). The van der Waals surface area contributed by atoms with E-state index < -0.39 is 0 Å². The Balaban J connectivity index is 2.06. The molecule has 0 unspecified atom stereocenters. The number of likely N-dealkylation sites (tertiary alicyclic amines) is 1. The monoisotopic (exact) mass is 278 g/mol. The average molecular weight is 278 g/mol. The zero-order valence-electron chi connectivity index (χ0n) is 12.1. The first kappa shape index (κ1) is 14.5. The molecule has 1 aromatic carbocycles. The largest absolute Gasteiger partial charge is 0.497 e. The van der Waals surface area contributed by atoms with E-state index in [1.54, 1.807) is 32.4 Å². The van der Waals surface area contributed by atoms with E-state index in [0.29, 0.717) is 17.2 Å². The summed E-state index contributed by atoms with van der Waals surface area (Å²) < 4.78 is 10.4. The summed E-state index contributed by atoms with van der Waals surface area (Å²) in [5.41, 5.74) is 0.690. The number of hydrogen-bond acceptors (Lipinski definition) is 3. The van der Waals surface area contributed by atoms with Crippen molar-refractivity contribution >= 4 is 11.7 Å². The Morgan fingerprint density at radius 1 is 1.00 bits per heavy atom. The van der Waals surface area contributed by atoms with Gasteiger partial charge in [-0.25, -0.2) is 4.79 Å². The van der Waals surface area contributed by atoms with Gasteiger partial charge < -0.3 is 19.7 Å². The third-order valence-electron chi connectivity index (χ3n) is 3.50. The molecule has 0 aromatic heterocycles. The number of benzene rings is 1. The Morgan fingerprint density at radius 2 is 1.55 bits per heavy atom. The number of ether oxygens (including phenoxy) is 2. The fourth-order valence-corrected chi connectivity index (χ4v) is 2.36. The first-order chi connectivity index (χ1) is 9.72. The van der Waals surface area contributed by atoms with Gasteiger partial charge in [0.2, 0.25) is 0 Å². The molecule has 0 bridgehead atoms. The zero-order chi connectivity index (χ0) is 14.4. The summed E-state index contributed by atoms with van der Waals surface area (Å²) in [5, 5.41) is 2.92. The Morgan fingerprint density at radius 3 is 2.05 bits per heavy atom. The number of anilines is 1. The minimum Gasteiger partial charge on any atom is -0.497 e. The summed E-state index contributed by atoms with van der Waals surface area (Å²) in [6.07, 6.45) is 4.57. The number of rotatable bonds is 3. The molecular formula is C15H22N2O3. The highest BCUT2D eigenvalue weighted by Crippen LogP contribution is 2.26. The van der Waals surface area contributed by atoms with Gasteiger partial charge in [-0.3, -0.25) is 0 Å². The van der Waals surface area contributed by atoms with E-state index in [0.717, 1.165) is 25.9 Å². The van der Waals surface area contributed by atoms with Gasteiger partial charge in [0, 0.05) is 37.0 Å². The van der Waals surface area contributed by atoms with Crippen molar-refractivity contribution < 1.29 is 14.3 Å². The van der Waals surface area contributed by atoms with Crippen LogP contribution in [0.2, 0.25) is 0 Å². The average Bonchev–Trinajstić information content (AvgIpc) is 2.75. The van der Waals surface area contributed by atoms with Gasteiger partial charge in [0.1, 0.15) is 11.5 Å². The molecule has 110 valence electrons. The molecule has 0 atom stereocenters. The van der Waals surface area contributed by atoms with Crippen LogP contribution in [0.1, 0.15) is 25.7 Å². The second-order valence-corrected chi connectivity index (χ2v) is 4.93. The van der Waals surface area contributed by atoms with Crippen molar-refractivity contribution in [3.63, 3.8) is 0 Å². The van der Waals surface area contributed by atoms with Crippen LogP contribution in [-0.2, 0) is 0 Å². The van der Waals surface area contributed by atoms with Crippen molar-refractivity contribution in [1.29, 1.82) is 0 Å². The third-order valence-corrected chi connectivity index (χ3v) is 3.50. The van der Waals surface area contributed by atoms with Gasteiger partial charge in [-0.05, 0) is 12.8 Å². The van der Waals surface area contributed by atoms with E-state index in [9.17, 15) is 4.79 Å². The predicted molar refractivity (Wildman–Crippen MR) is 78.6 cm³/mol. The Kier molecular flexibility index (Phi) is 5.09. The van der Waals surface area contributed by atoms with Crippen molar-refractivity contribution in [2.75, 3.05) is 32.6 Å². The minimum atomic E-state index is -0.0535. The van der Waals surface area contributed by atoms with Crippen LogP contribution >= 0.6 is 0 Å². The van der Waals surface area contributed by atoms with Crippen molar-refractivity contribution in [3.05, 3.63) is 18.2 Å². The number of urea groups is 1. The summed E-state index contributed by atoms with van der Waals surface area (Å²) in [4.78, 5) is 14.1. The fraction of sp³-hybridized carbons (Fsp3) is 0.533. The first-order valence-corrected chi connectivity index (χ1v) is 7.02. The molecule has 0 spiro atoms. The molecule has 5 nitrogen and oxygen atoms in total. The third kappa shape index (κ3) is 3.79. The fourth-order valence-electron chi connectivity index (χ4n) is 2.36. The zero-order valence-corrected chi connectivity index (χ0v) is 12.1. The smallest absolute Gasteiger partial charge is 0.321 e. The van der Waals surface area contributed by atoms with Crippen LogP contribution in [0.4, 0.5) is 10.5 Å². The van der Waals surface area contributed by atoms with Gasteiger partial charge in [0.25, 0.3) is 0 Å². The quantitative estimate of drug-likeness (QED) is 0.924. The standard InChI is InChI=1S/C15H22N2O3/c1-19-13-9-12(10-14(11-13)20-2)16-15(18)17-7-5-3-4-6-8-17/h9-11H,3-8H2,1-2H3,(H,16,18). The maximum Gasteiger partial charge on any atom is 0.321 e. The number of nitrogens with zero attached hydrogens (tertiary/aromatic N) is 1. The molecule has 0 radical (unpaired) electrons. The molecule has 5 heteroatoms. The Labute approximate surface area is 119 Å². The van der Waals surface area contributed by atoms with Crippen LogP contribution in [0, 0.1) is 0 Å². The maximum absolute atomic E-state index is 12.3. The van der Waals surface area contributed by atoms with Crippen LogP contribution in [-0.4, -0.2) is 38.2 Å². The van der Waals surface area contributed by atoms with Crippen LogP contribution < -0.4 is 14.8 Å². The summed E-state index contributed by atoms with van der Waals surface area (Å²) >= 11 is 0. The number of amides is 2.